The van der Waals surface area contributed by atoms with Crippen molar-refractivity contribution in [2.45, 2.75) is 12.5 Å². The molecule has 2 heterocycles. The average Bonchev–Trinajstić information content (AvgIpc) is 3.07. The first-order valence-corrected chi connectivity index (χ1v) is 8.12. The van der Waals surface area contributed by atoms with Gasteiger partial charge in [-0.25, -0.2) is 0 Å². The number of methoxy groups -OCH3 is 2. The van der Waals surface area contributed by atoms with Crippen LogP contribution in [0.1, 0.15) is 22.0 Å². The van der Waals surface area contributed by atoms with Crippen LogP contribution >= 0.6 is 11.3 Å². The summed E-state index contributed by atoms with van der Waals surface area (Å²) in [6, 6.07) is 8.65. The highest BCUT2D eigenvalue weighted by Gasteiger charge is 2.30. The van der Waals surface area contributed by atoms with Gasteiger partial charge in [0.05, 0.1) is 26.8 Å². The number of hydrogen-bond acceptors (Lipinski definition) is 4. The number of terminal acetylenes is 1. The molecule has 1 aromatic heterocycles. The van der Waals surface area contributed by atoms with Crippen molar-refractivity contribution in [2.24, 2.45) is 0 Å². The van der Waals surface area contributed by atoms with Gasteiger partial charge in [0.25, 0.3) is 0 Å². The fourth-order valence-corrected chi connectivity index (χ4v) is 3.94. The van der Waals surface area contributed by atoms with E-state index in [9.17, 15) is 0 Å². The molecule has 1 aliphatic rings. The van der Waals surface area contributed by atoms with Gasteiger partial charge >= 0.3 is 0 Å². The lowest BCUT2D eigenvalue weighted by molar-refractivity contribution is 0.242. The third-order valence-corrected chi connectivity index (χ3v) is 5.01. The molecule has 2 aromatic rings. The normalized spacial score (nSPS) is 17.6. The molecule has 0 unspecified atom stereocenters. The molecule has 3 rings (SSSR count). The number of ether oxygens (including phenoxy) is 2. The van der Waals surface area contributed by atoms with Gasteiger partial charge in [-0.1, -0.05) is 12.0 Å². The Balaban J connectivity index is 2.12. The van der Waals surface area contributed by atoms with Crippen molar-refractivity contribution in [1.29, 1.82) is 0 Å². The first-order chi connectivity index (χ1) is 10.8. The van der Waals surface area contributed by atoms with E-state index >= 15 is 0 Å². The van der Waals surface area contributed by atoms with E-state index in [4.69, 9.17) is 15.9 Å². The Morgan fingerprint density at radius 1 is 1.32 bits per heavy atom. The molecule has 0 fully saturated rings. The molecule has 0 aliphatic carbocycles. The number of nitrogens with zero attached hydrogens (tertiary/aromatic N) is 1. The Kier molecular flexibility index (Phi) is 4.37. The summed E-state index contributed by atoms with van der Waals surface area (Å²) in [5.41, 5.74) is 2.57. The Bertz CT molecular complexity index is 688. The highest BCUT2D eigenvalue weighted by Crippen LogP contribution is 2.41. The second-order valence-electron chi connectivity index (χ2n) is 5.25. The van der Waals surface area contributed by atoms with Gasteiger partial charge in [-0.15, -0.1) is 17.8 Å². The molecular weight excluding hydrogens is 294 g/mol. The van der Waals surface area contributed by atoms with Crippen LogP contribution in [0.2, 0.25) is 0 Å². The lowest BCUT2D eigenvalue weighted by atomic mass is 9.91. The third-order valence-electron chi connectivity index (χ3n) is 4.08. The number of hydrogen-bond donors (Lipinski definition) is 0. The third kappa shape index (κ3) is 2.58. The average molecular weight is 313 g/mol. The number of rotatable bonds is 4. The number of thiophene rings is 1. The maximum absolute atomic E-state index is 5.56. The standard InChI is InChI=1S/C18H19NO2S/c1-4-8-19-9-7-13-11-15(20-2)16(21-3)12-14(13)18(19)17-6-5-10-22-17/h1,5-6,10-12,18H,7-9H2,2-3H3/t18-/m1/s1. The van der Waals surface area contributed by atoms with Crippen LogP contribution in [0.3, 0.4) is 0 Å². The summed E-state index contributed by atoms with van der Waals surface area (Å²) < 4.78 is 10.9. The van der Waals surface area contributed by atoms with Gasteiger partial charge in [-0.3, -0.25) is 4.90 Å². The predicted molar refractivity (Wildman–Crippen MR) is 89.8 cm³/mol. The Morgan fingerprint density at radius 3 is 2.73 bits per heavy atom. The molecule has 0 spiro atoms. The smallest absolute Gasteiger partial charge is 0.161 e. The predicted octanol–water partition coefficient (Wildman–Crippen LogP) is 3.35. The minimum Gasteiger partial charge on any atom is -0.493 e. The van der Waals surface area contributed by atoms with Gasteiger partial charge in [0.1, 0.15) is 0 Å². The Morgan fingerprint density at radius 2 is 2.09 bits per heavy atom. The second-order valence-corrected chi connectivity index (χ2v) is 6.23. The largest absolute Gasteiger partial charge is 0.493 e. The molecule has 22 heavy (non-hydrogen) atoms. The van der Waals surface area contributed by atoms with E-state index in [0.717, 1.165) is 24.5 Å². The van der Waals surface area contributed by atoms with Crippen molar-refractivity contribution in [3.8, 4) is 23.8 Å². The first kappa shape index (κ1) is 15.0. The van der Waals surface area contributed by atoms with Gasteiger partial charge in [0.2, 0.25) is 0 Å². The van der Waals surface area contributed by atoms with E-state index in [1.54, 1.807) is 25.6 Å². The SMILES string of the molecule is C#CCN1CCc2cc(OC)c(OC)cc2[C@@H]1c1cccs1. The monoisotopic (exact) mass is 313 g/mol. The molecule has 0 N–H and O–H groups in total. The first-order valence-electron chi connectivity index (χ1n) is 7.24. The summed E-state index contributed by atoms with van der Waals surface area (Å²) in [6.45, 7) is 1.60. The minimum atomic E-state index is 0.194. The van der Waals surface area contributed by atoms with Crippen LogP contribution in [0.25, 0.3) is 0 Å². The van der Waals surface area contributed by atoms with Gasteiger partial charge < -0.3 is 9.47 Å². The zero-order valence-corrected chi connectivity index (χ0v) is 13.7. The summed E-state index contributed by atoms with van der Waals surface area (Å²) in [6.07, 6.45) is 6.54. The van der Waals surface area contributed by atoms with Crippen LogP contribution in [0.4, 0.5) is 0 Å². The van der Waals surface area contributed by atoms with Crippen LogP contribution in [-0.2, 0) is 6.42 Å². The van der Waals surface area contributed by atoms with Crippen LogP contribution in [0.5, 0.6) is 11.5 Å². The highest BCUT2D eigenvalue weighted by molar-refractivity contribution is 7.10. The molecule has 0 bridgehead atoms. The molecule has 4 heteroatoms. The molecule has 0 radical (unpaired) electrons. The fourth-order valence-electron chi connectivity index (χ4n) is 3.07. The summed E-state index contributed by atoms with van der Waals surface area (Å²) >= 11 is 1.76. The van der Waals surface area contributed by atoms with Crippen LogP contribution in [0, 0.1) is 12.3 Å². The van der Waals surface area contributed by atoms with Gasteiger partial charge in [-0.05, 0) is 41.1 Å². The van der Waals surface area contributed by atoms with E-state index in [1.165, 1.54) is 16.0 Å². The van der Waals surface area contributed by atoms with Crippen LogP contribution < -0.4 is 9.47 Å². The number of benzene rings is 1. The van der Waals surface area contributed by atoms with Crippen molar-refractivity contribution < 1.29 is 9.47 Å². The summed E-state index contributed by atoms with van der Waals surface area (Å²) in [7, 11) is 3.35. The van der Waals surface area contributed by atoms with E-state index < -0.39 is 0 Å². The molecule has 1 aliphatic heterocycles. The zero-order chi connectivity index (χ0) is 15.5. The molecule has 1 aromatic carbocycles. The van der Waals surface area contributed by atoms with Crippen molar-refractivity contribution >= 4 is 11.3 Å². The molecule has 3 nitrogen and oxygen atoms in total. The molecule has 0 amide bonds. The van der Waals surface area contributed by atoms with Crippen LogP contribution in [0.15, 0.2) is 29.6 Å². The molecule has 0 saturated heterocycles. The molecule has 114 valence electrons. The van der Waals surface area contributed by atoms with E-state index in [-0.39, 0.29) is 6.04 Å². The maximum atomic E-state index is 5.56. The topological polar surface area (TPSA) is 21.7 Å². The lowest BCUT2D eigenvalue weighted by Crippen LogP contribution is -2.36. The minimum absolute atomic E-state index is 0.194. The van der Waals surface area contributed by atoms with Crippen molar-refractivity contribution in [3.63, 3.8) is 0 Å². The van der Waals surface area contributed by atoms with E-state index in [0.29, 0.717) is 6.54 Å². The lowest BCUT2D eigenvalue weighted by Gasteiger charge is -2.36. The van der Waals surface area contributed by atoms with Gasteiger partial charge in [0.15, 0.2) is 11.5 Å². The van der Waals surface area contributed by atoms with E-state index in [2.05, 4.69) is 40.5 Å². The van der Waals surface area contributed by atoms with Crippen LogP contribution in [-0.4, -0.2) is 32.2 Å². The highest BCUT2D eigenvalue weighted by atomic mass is 32.1. The quantitative estimate of drug-likeness (QED) is 0.808. The summed E-state index contributed by atoms with van der Waals surface area (Å²) in [4.78, 5) is 3.66. The number of fused-ring (bicyclic) bond motifs is 1. The summed E-state index contributed by atoms with van der Waals surface area (Å²) in [5.74, 6) is 4.34. The zero-order valence-electron chi connectivity index (χ0n) is 12.8. The Hall–Kier alpha value is -1.96. The van der Waals surface area contributed by atoms with Gasteiger partial charge in [-0.2, -0.15) is 0 Å². The fraction of sp³-hybridized carbons (Fsp3) is 0.333. The van der Waals surface area contributed by atoms with Gasteiger partial charge in [0, 0.05) is 11.4 Å². The summed E-state index contributed by atoms with van der Waals surface area (Å²) in [5, 5.41) is 2.11. The van der Waals surface area contributed by atoms with Crippen molar-refractivity contribution in [1.82, 2.24) is 4.90 Å². The van der Waals surface area contributed by atoms with Crippen molar-refractivity contribution in [2.75, 3.05) is 27.3 Å². The van der Waals surface area contributed by atoms with Crippen molar-refractivity contribution in [3.05, 3.63) is 45.6 Å². The molecular formula is C18H19NO2S. The van der Waals surface area contributed by atoms with E-state index in [1.807, 2.05) is 0 Å². The maximum Gasteiger partial charge on any atom is 0.161 e. The Labute approximate surface area is 135 Å². The second kappa shape index (κ2) is 6.43. The molecule has 0 saturated carbocycles. The molecule has 1 atom stereocenters.